The summed E-state index contributed by atoms with van der Waals surface area (Å²) in [4.78, 5) is 12.2. The fourth-order valence-electron chi connectivity index (χ4n) is 3.47. The molecular weight excluding hydrogens is 260 g/mol. The molecule has 2 heteroatoms. The molecule has 2 aliphatic carbocycles. The molecule has 21 heavy (non-hydrogen) atoms. The summed E-state index contributed by atoms with van der Waals surface area (Å²) in [5, 5.41) is 0. The SMILES string of the molecule is O=C(O[C@@H]1C=C[C@@H]2C[C@H]1c1ccccc12)c1ccccc1. The molecule has 0 amide bonds. The smallest absolute Gasteiger partial charge is 0.338 e. The Bertz CT molecular complexity index is 703. The van der Waals surface area contributed by atoms with Gasteiger partial charge in [0.25, 0.3) is 0 Å². The Hall–Kier alpha value is -2.35. The van der Waals surface area contributed by atoms with E-state index in [0.29, 0.717) is 17.4 Å². The molecular formula is C19H16O2. The van der Waals surface area contributed by atoms with Gasteiger partial charge in [-0.1, -0.05) is 48.5 Å². The van der Waals surface area contributed by atoms with E-state index in [1.165, 1.54) is 11.1 Å². The highest BCUT2D eigenvalue weighted by Gasteiger charge is 2.38. The molecule has 0 aromatic heterocycles. The van der Waals surface area contributed by atoms with Crippen LogP contribution < -0.4 is 0 Å². The Balaban J connectivity index is 1.59. The van der Waals surface area contributed by atoms with Gasteiger partial charge in [-0.3, -0.25) is 0 Å². The maximum absolute atomic E-state index is 12.2. The van der Waals surface area contributed by atoms with E-state index in [2.05, 4.69) is 36.4 Å². The van der Waals surface area contributed by atoms with Gasteiger partial charge in [-0.25, -0.2) is 4.79 Å². The lowest BCUT2D eigenvalue weighted by Gasteiger charge is -2.24. The van der Waals surface area contributed by atoms with Crippen LogP contribution in [0.1, 0.15) is 39.7 Å². The number of fused-ring (bicyclic) bond motifs is 5. The lowest BCUT2D eigenvalue weighted by Crippen LogP contribution is -2.24. The third-order valence-electron chi connectivity index (χ3n) is 4.49. The molecule has 0 N–H and O–H groups in total. The van der Waals surface area contributed by atoms with E-state index in [-0.39, 0.29) is 12.1 Å². The van der Waals surface area contributed by atoms with Crippen LogP contribution >= 0.6 is 0 Å². The fraction of sp³-hybridized carbons (Fsp3) is 0.211. The maximum atomic E-state index is 12.2. The summed E-state index contributed by atoms with van der Waals surface area (Å²) in [6, 6.07) is 17.7. The minimum absolute atomic E-state index is 0.155. The van der Waals surface area contributed by atoms with Crippen molar-refractivity contribution in [1.82, 2.24) is 0 Å². The molecule has 0 unspecified atom stereocenters. The Morgan fingerprint density at radius 2 is 1.62 bits per heavy atom. The van der Waals surface area contributed by atoms with Gasteiger partial charge in [0, 0.05) is 11.8 Å². The quantitative estimate of drug-likeness (QED) is 0.611. The molecule has 0 fully saturated rings. The van der Waals surface area contributed by atoms with E-state index in [1.807, 2.05) is 18.2 Å². The molecule has 2 bridgehead atoms. The zero-order chi connectivity index (χ0) is 14.2. The van der Waals surface area contributed by atoms with Crippen molar-refractivity contribution >= 4 is 5.97 Å². The van der Waals surface area contributed by atoms with Crippen molar-refractivity contribution in [1.29, 1.82) is 0 Å². The van der Waals surface area contributed by atoms with Gasteiger partial charge < -0.3 is 4.74 Å². The van der Waals surface area contributed by atoms with Crippen LogP contribution in [0.3, 0.4) is 0 Å². The predicted molar refractivity (Wildman–Crippen MR) is 81.3 cm³/mol. The summed E-state index contributed by atoms with van der Waals surface area (Å²) in [6.45, 7) is 0. The number of hydrogen-bond donors (Lipinski definition) is 0. The monoisotopic (exact) mass is 276 g/mol. The van der Waals surface area contributed by atoms with Crippen LogP contribution in [0.25, 0.3) is 0 Å². The van der Waals surface area contributed by atoms with E-state index in [0.717, 1.165) is 6.42 Å². The fourth-order valence-corrected chi connectivity index (χ4v) is 3.47. The molecule has 104 valence electrons. The second-order valence-corrected chi connectivity index (χ2v) is 5.70. The number of carbonyl (C=O) groups excluding carboxylic acids is 1. The van der Waals surface area contributed by atoms with Crippen molar-refractivity contribution < 1.29 is 9.53 Å². The summed E-state index contributed by atoms with van der Waals surface area (Å²) in [7, 11) is 0. The van der Waals surface area contributed by atoms with E-state index in [9.17, 15) is 4.79 Å². The molecule has 2 aromatic rings. The van der Waals surface area contributed by atoms with Crippen molar-refractivity contribution in [3.05, 3.63) is 83.4 Å². The van der Waals surface area contributed by atoms with E-state index < -0.39 is 0 Å². The summed E-state index contributed by atoms with van der Waals surface area (Å²) in [6.07, 6.45) is 5.13. The zero-order valence-electron chi connectivity index (χ0n) is 11.6. The molecule has 0 radical (unpaired) electrons. The summed E-state index contributed by atoms with van der Waals surface area (Å²) in [5.41, 5.74) is 3.33. The van der Waals surface area contributed by atoms with Crippen molar-refractivity contribution in [2.75, 3.05) is 0 Å². The Labute approximate surface area is 124 Å². The molecule has 0 spiro atoms. The third-order valence-corrected chi connectivity index (χ3v) is 4.49. The van der Waals surface area contributed by atoms with E-state index in [1.54, 1.807) is 12.1 Å². The van der Waals surface area contributed by atoms with Crippen molar-refractivity contribution in [3.8, 4) is 0 Å². The van der Waals surface area contributed by atoms with Gasteiger partial charge in [0.05, 0.1) is 5.56 Å². The lowest BCUT2D eigenvalue weighted by molar-refractivity contribution is 0.0334. The number of hydrogen-bond acceptors (Lipinski definition) is 2. The number of esters is 1. The number of carbonyl (C=O) groups is 1. The first-order chi connectivity index (χ1) is 10.3. The normalized spacial score (nSPS) is 25.4. The minimum atomic E-state index is -0.243. The second kappa shape index (κ2) is 4.88. The molecule has 2 aromatic carbocycles. The predicted octanol–water partition coefficient (Wildman–Crippen LogP) is 4.05. The van der Waals surface area contributed by atoms with Crippen LogP contribution in [0.2, 0.25) is 0 Å². The van der Waals surface area contributed by atoms with Crippen molar-refractivity contribution in [2.24, 2.45) is 0 Å². The van der Waals surface area contributed by atoms with Crippen molar-refractivity contribution in [2.45, 2.75) is 24.4 Å². The molecule has 0 heterocycles. The molecule has 3 atom stereocenters. The Morgan fingerprint density at radius 1 is 0.905 bits per heavy atom. The number of allylic oxidation sites excluding steroid dienone is 1. The van der Waals surface area contributed by atoms with Crippen LogP contribution in [0.5, 0.6) is 0 Å². The third kappa shape index (κ3) is 2.07. The summed E-state index contributed by atoms with van der Waals surface area (Å²) < 4.78 is 5.74. The minimum Gasteiger partial charge on any atom is -0.454 e. The topological polar surface area (TPSA) is 26.3 Å². The van der Waals surface area contributed by atoms with Gasteiger partial charge in [0.15, 0.2) is 0 Å². The average molecular weight is 276 g/mol. The highest BCUT2D eigenvalue weighted by molar-refractivity contribution is 5.89. The van der Waals surface area contributed by atoms with Crippen LogP contribution in [0, 0.1) is 0 Å². The first-order valence-electron chi connectivity index (χ1n) is 7.36. The van der Waals surface area contributed by atoms with Gasteiger partial charge in [-0.15, -0.1) is 0 Å². The highest BCUT2D eigenvalue weighted by Crippen LogP contribution is 2.48. The maximum Gasteiger partial charge on any atom is 0.338 e. The Morgan fingerprint density at radius 3 is 2.43 bits per heavy atom. The Kier molecular flexibility index (Phi) is 2.88. The van der Waals surface area contributed by atoms with Gasteiger partial charge >= 0.3 is 5.97 Å². The van der Waals surface area contributed by atoms with Crippen LogP contribution in [0.4, 0.5) is 0 Å². The summed E-state index contributed by atoms with van der Waals surface area (Å²) >= 11 is 0. The van der Waals surface area contributed by atoms with Gasteiger partial charge in [-0.2, -0.15) is 0 Å². The zero-order valence-corrected chi connectivity index (χ0v) is 11.6. The largest absolute Gasteiger partial charge is 0.454 e. The van der Waals surface area contributed by atoms with Crippen LogP contribution in [-0.2, 0) is 4.74 Å². The standard InChI is InChI=1S/C19H16O2/c20-19(13-6-2-1-3-7-13)21-18-11-10-14-12-17(18)16-9-5-4-8-15(14)16/h1-11,14,17-18H,12H2/t14-,17+,18-/m1/s1. The van der Waals surface area contributed by atoms with Crippen LogP contribution in [0.15, 0.2) is 66.7 Å². The molecule has 2 aliphatic rings. The average Bonchev–Trinajstić information content (AvgIpc) is 2.85. The van der Waals surface area contributed by atoms with Crippen LogP contribution in [-0.4, -0.2) is 12.1 Å². The lowest BCUT2D eigenvalue weighted by atomic mass is 9.90. The second-order valence-electron chi connectivity index (χ2n) is 5.70. The first kappa shape index (κ1) is 12.4. The van der Waals surface area contributed by atoms with Gasteiger partial charge in [0.2, 0.25) is 0 Å². The first-order valence-corrected chi connectivity index (χ1v) is 7.36. The number of ether oxygens (including phenoxy) is 1. The van der Waals surface area contributed by atoms with Gasteiger partial charge in [-0.05, 0) is 35.8 Å². The van der Waals surface area contributed by atoms with E-state index >= 15 is 0 Å². The molecule has 0 saturated heterocycles. The summed E-state index contributed by atoms with van der Waals surface area (Å²) in [5.74, 6) is 0.537. The van der Waals surface area contributed by atoms with E-state index in [4.69, 9.17) is 4.74 Å². The number of benzene rings is 2. The van der Waals surface area contributed by atoms with Gasteiger partial charge in [0.1, 0.15) is 6.10 Å². The van der Waals surface area contributed by atoms with Crippen molar-refractivity contribution in [3.63, 3.8) is 0 Å². The highest BCUT2D eigenvalue weighted by atomic mass is 16.5. The molecule has 4 rings (SSSR count). The molecule has 2 nitrogen and oxygen atoms in total. The molecule has 0 saturated carbocycles. The number of rotatable bonds is 2. The molecule has 0 aliphatic heterocycles.